The molecule has 0 aromatic heterocycles. The van der Waals surface area contributed by atoms with Crippen LogP contribution in [-0.4, -0.2) is 29.8 Å². The molecule has 6 heteroatoms. The molecule has 0 spiro atoms. The average Bonchev–Trinajstić information content (AvgIpc) is 2.44. The molecule has 0 amide bonds. The van der Waals surface area contributed by atoms with Gasteiger partial charge in [-0.05, 0) is 83.8 Å². The van der Waals surface area contributed by atoms with E-state index in [2.05, 4.69) is 37.2 Å². The minimum atomic E-state index is -0.504. The van der Waals surface area contributed by atoms with Crippen LogP contribution in [0.4, 0.5) is 0 Å². The maximum atomic E-state index is 12.4. The van der Waals surface area contributed by atoms with Crippen LogP contribution in [0.5, 0.6) is 5.75 Å². The van der Waals surface area contributed by atoms with Crippen molar-refractivity contribution in [3.8, 4) is 5.75 Å². The molecular formula is C15H19Br2NO3. The average molecular weight is 421 g/mol. The monoisotopic (exact) mass is 419 g/mol. The summed E-state index contributed by atoms with van der Waals surface area (Å²) in [5.74, 6) is 0.0517. The van der Waals surface area contributed by atoms with Crippen LogP contribution in [0.1, 0.15) is 37.0 Å². The molecule has 0 unspecified atom stereocenters. The minimum Gasteiger partial charge on any atom is -0.506 e. The van der Waals surface area contributed by atoms with Gasteiger partial charge in [-0.3, -0.25) is 0 Å². The Morgan fingerprint density at radius 2 is 1.81 bits per heavy atom. The van der Waals surface area contributed by atoms with Gasteiger partial charge in [0.15, 0.2) is 0 Å². The highest BCUT2D eigenvalue weighted by Gasteiger charge is 2.34. The largest absolute Gasteiger partial charge is 0.506 e. The molecule has 1 fully saturated rings. The van der Waals surface area contributed by atoms with Gasteiger partial charge in [0, 0.05) is 5.92 Å². The first kappa shape index (κ1) is 16.8. The topological polar surface area (TPSA) is 58.6 Å². The first-order valence-corrected chi connectivity index (χ1v) is 8.52. The predicted octanol–water partition coefficient (Wildman–Crippen LogP) is 3.85. The van der Waals surface area contributed by atoms with E-state index in [4.69, 9.17) is 4.74 Å². The molecule has 0 radical (unpaired) electrons. The first-order chi connectivity index (χ1) is 9.81. The Labute approximate surface area is 141 Å². The standard InChI is InChI=1S/C15H19Br2NO3/c1-15(2,10-3-5-18-6-4-10)21-14(20)9-7-11(16)13(19)12(17)8-9/h7-8,10,18-19H,3-6H2,1-2H3. The number of ether oxygens (including phenoxy) is 1. The summed E-state index contributed by atoms with van der Waals surface area (Å²) in [4.78, 5) is 12.4. The third kappa shape index (κ3) is 3.99. The lowest BCUT2D eigenvalue weighted by Crippen LogP contribution is -2.42. The molecule has 1 aromatic carbocycles. The van der Waals surface area contributed by atoms with Crippen LogP contribution in [0, 0.1) is 5.92 Å². The number of benzene rings is 1. The Morgan fingerprint density at radius 3 is 2.33 bits per heavy atom. The highest BCUT2D eigenvalue weighted by Crippen LogP contribution is 2.35. The van der Waals surface area contributed by atoms with Gasteiger partial charge in [0.1, 0.15) is 11.4 Å². The van der Waals surface area contributed by atoms with Crippen molar-refractivity contribution in [1.29, 1.82) is 0 Å². The van der Waals surface area contributed by atoms with Crippen LogP contribution in [0.25, 0.3) is 0 Å². The fourth-order valence-corrected chi connectivity index (χ4v) is 3.77. The second-order valence-corrected chi connectivity index (χ2v) is 7.51. The van der Waals surface area contributed by atoms with E-state index in [9.17, 15) is 9.90 Å². The van der Waals surface area contributed by atoms with Crippen molar-refractivity contribution in [2.24, 2.45) is 5.92 Å². The van der Waals surface area contributed by atoms with Gasteiger partial charge < -0.3 is 15.2 Å². The fraction of sp³-hybridized carbons (Fsp3) is 0.533. The minimum absolute atomic E-state index is 0.0733. The zero-order valence-corrected chi connectivity index (χ0v) is 15.3. The number of halogens is 2. The summed E-state index contributed by atoms with van der Waals surface area (Å²) in [5.41, 5.74) is -0.0932. The zero-order chi connectivity index (χ0) is 15.6. The highest BCUT2D eigenvalue weighted by molar-refractivity contribution is 9.11. The summed E-state index contributed by atoms with van der Waals surface area (Å²) in [5, 5.41) is 13.0. The molecule has 1 saturated heterocycles. The first-order valence-electron chi connectivity index (χ1n) is 6.93. The number of nitrogens with one attached hydrogen (secondary N) is 1. The maximum Gasteiger partial charge on any atom is 0.338 e. The lowest BCUT2D eigenvalue weighted by atomic mass is 9.83. The van der Waals surface area contributed by atoms with Gasteiger partial charge in [0.25, 0.3) is 0 Å². The van der Waals surface area contributed by atoms with Crippen LogP contribution in [0.15, 0.2) is 21.1 Å². The van der Waals surface area contributed by atoms with Gasteiger partial charge in [0.05, 0.1) is 14.5 Å². The molecular weight excluding hydrogens is 402 g/mol. The summed E-state index contributed by atoms with van der Waals surface area (Å²) < 4.78 is 6.65. The van der Waals surface area contributed by atoms with E-state index in [1.165, 1.54) is 0 Å². The number of hydrogen-bond donors (Lipinski definition) is 2. The Morgan fingerprint density at radius 1 is 1.29 bits per heavy atom. The summed E-state index contributed by atoms with van der Waals surface area (Å²) in [7, 11) is 0. The number of rotatable bonds is 3. The molecule has 0 atom stereocenters. The summed E-state index contributed by atoms with van der Waals surface area (Å²) in [6.07, 6.45) is 2.01. The molecule has 1 aromatic rings. The number of carbonyl (C=O) groups is 1. The molecule has 0 bridgehead atoms. The van der Waals surface area contributed by atoms with E-state index in [-0.39, 0.29) is 11.7 Å². The van der Waals surface area contributed by atoms with E-state index in [0.29, 0.717) is 20.4 Å². The number of esters is 1. The lowest BCUT2D eigenvalue weighted by Gasteiger charge is -2.36. The van der Waals surface area contributed by atoms with Crippen molar-refractivity contribution in [1.82, 2.24) is 5.32 Å². The van der Waals surface area contributed by atoms with Crippen LogP contribution >= 0.6 is 31.9 Å². The number of carbonyl (C=O) groups excluding carboxylic acids is 1. The van der Waals surface area contributed by atoms with Crippen LogP contribution in [0.3, 0.4) is 0 Å². The Hall–Kier alpha value is -0.590. The maximum absolute atomic E-state index is 12.4. The van der Waals surface area contributed by atoms with Crippen molar-refractivity contribution >= 4 is 37.8 Å². The van der Waals surface area contributed by atoms with Gasteiger partial charge in [-0.15, -0.1) is 0 Å². The third-order valence-electron chi connectivity index (χ3n) is 3.93. The smallest absolute Gasteiger partial charge is 0.338 e. The zero-order valence-electron chi connectivity index (χ0n) is 12.1. The number of phenolic OH excluding ortho intramolecular Hbond substituents is 1. The number of piperidine rings is 1. The molecule has 116 valence electrons. The van der Waals surface area contributed by atoms with Crippen molar-refractivity contribution in [3.05, 3.63) is 26.6 Å². The molecule has 0 saturated carbocycles. The molecule has 2 rings (SSSR count). The van der Waals surface area contributed by atoms with Crippen molar-refractivity contribution in [2.75, 3.05) is 13.1 Å². The van der Waals surface area contributed by atoms with Gasteiger partial charge >= 0.3 is 5.97 Å². The fourth-order valence-electron chi connectivity index (χ4n) is 2.58. The van der Waals surface area contributed by atoms with E-state index in [1.807, 2.05) is 13.8 Å². The molecule has 4 nitrogen and oxygen atoms in total. The Balaban J connectivity index is 2.13. The third-order valence-corrected chi connectivity index (χ3v) is 5.14. The van der Waals surface area contributed by atoms with E-state index in [0.717, 1.165) is 25.9 Å². The second-order valence-electron chi connectivity index (χ2n) is 5.81. The second kappa shape index (κ2) is 6.67. The quantitative estimate of drug-likeness (QED) is 0.729. The SMILES string of the molecule is CC(C)(OC(=O)c1cc(Br)c(O)c(Br)c1)C1CCNCC1. The van der Waals surface area contributed by atoms with Gasteiger partial charge in [-0.25, -0.2) is 4.79 Å². The summed E-state index contributed by atoms with van der Waals surface area (Å²) >= 11 is 6.45. The number of aromatic hydroxyl groups is 1. The molecule has 1 heterocycles. The molecule has 1 aliphatic rings. The molecule has 21 heavy (non-hydrogen) atoms. The van der Waals surface area contributed by atoms with E-state index >= 15 is 0 Å². The van der Waals surface area contributed by atoms with Gasteiger partial charge in [0.2, 0.25) is 0 Å². The number of hydrogen-bond acceptors (Lipinski definition) is 4. The Kier molecular flexibility index (Phi) is 5.33. The van der Waals surface area contributed by atoms with Crippen LogP contribution < -0.4 is 5.32 Å². The lowest BCUT2D eigenvalue weighted by molar-refractivity contribution is -0.0368. The van der Waals surface area contributed by atoms with Gasteiger partial charge in [-0.2, -0.15) is 0 Å². The summed E-state index contributed by atoms with van der Waals surface area (Å²) in [6.45, 7) is 5.85. The Bertz CT molecular complexity index is 517. The van der Waals surface area contributed by atoms with Crippen molar-refractivity contribution < 1.29 is 14.6 Å². The van der Waals surface area contributed by atoms with E-state index in [1.54, 1.807) is 12.1 Å². The normalized spacial score (nSPS) is 16.8. The van der Waals surface area contributed by atoms with Crippen LogP contribution in [-0.2, 0) is 4.74 Å². The highest BCUT2D eigenvalue weighted by atomic mass is 79.9. The van der Waals surface area contributed by atoms with E-state index < -0.39 is 5.60 Å². The summed E-state index contributed by atoms with van der Waals surface area (Å²) in [6, 6.07) is 3.14. The molecule has 2 N–H and O–H groups in total. The molecule has 1 aliphatic heterocycles. The predicted molar refractivity (Wildman–Crippen MR) is 88.6 cm³/mol. The van der Waals surface area contributed by atoms with Crippen molar-refractivity contribution in [2.45, 2.75) is 32.3 Å². The van der Waals surface area contributed by atoms with Gasteiger partial charge in [-0.1, -0.05) is 0 Å². The number of phenols is 1. The van der Waals surface area contributed by atoms with Crippen LogP contribution in [0.2, 0.25) is 0 Å². The molecule has 0 aliphatic carbocycles. The van der Waals surface area contributed by atoms with Crippen molar-refractivity contribution in [3.63, 3.8) is 0 Å².